The molecule has 1 N–H and O–H groups in total. The van der Waals surface area contributed by atoms with E-state index in [0.29, 0.717) is 5.92 Å². The van der Waals surface area contributed by atoms with Crippen molar-refractivity contribution in [1.82, 2.24) is 0 Å². The first-order valence-corrected chi connectivity index (χ1v) is 8.54. The van der Waals surface area contributed by atoms with Crippen molar-refractivity contribution in [3.8, 4) is 0 Å². The van der Waals surface area contributed by atoms with Gasteiger partial charge in [-0.1, -0.05) is 30.3 Å². The van der Waals surface area contributed by atoms with Gasteiger partial charge in [-0.15, -0.1) is 0 Å². The Kier molecular flexibility index (Phi) is 3.71. The first-order valence-electron chi connectivity index (χ1n) is 8.54. The number of aliphatic hydroxyl groups is 1. The predicted molar refractivity (Wildman–Crippen MR) is 86.6 cm³/mol. The molecule has 2 aliphatic rings. The fourth-order valence-corrected chi connectivity index (χ4v) is 4.42. The van der Waals surface area contributed by atoms with Gasteiger partial charge in [0.2, 0.25) is 0 Å². The molecule has 114 valence electrons. The molecule has 1 fully saturated rings. The average Bonchev–Trinajstić information content (AvgIpc) is 2.56. The molecule has 1 aromatic heterocycles. The molecule has 2 nitrogen and oxygen atoms in total. The van der Waals surface area contributed by atoms with Gasteiger partial charge < -0.3 is 5.11 Å². The maximum Gasteiger partial charge on any atom is 0.185 e. The summed E-state index contributed by atoms with van der Waals surface area (Å²) in [6.07, 6.45) is 7.71. The number of rotatable bonds is 2. The molecule has 0 radical (unpaired) electrons. The average molecular weight is 294 g/mol. The van der Waals surface area contributed by atoms with Crippen molar-refractivity contribution < 1.29 is 9.67 Å². The normalized spacial score (nSPS) is 27.0. The summed E-state index contributed by atoms with van der Waals surface area (Å²) in [5.74, 6) is 1.35. The van der Waals surface area contributed by atoms with Crippen molar-refractivity contribution in [1.29, 1.82) is 0 Å². The third-order valence-corrected chi connectivity index (χ3v) is 5.53. The predicted octanol–water partition coefficient (Wildman–Crippen LogP) is 3.21. The number of benzene rings is 1. The zero-order valence-electron chi connectivity index (χ0n) is 13.0. The Bertz CT molecular complexity index is 652. The van der Waals surface area contributed by atoms with Gasteiger partial charge in [0.15, 0.2) is 18.4 Å². The second-order valence-electron chi connectivity index (χ2n) is 6.90. The lowest BCUT2D eigenvalue weighted by Crippen LogP contribution is -2.43. The largest absolute Gasteiger partial charge is 0.393 e. The minimum absolute atomic E-state index is 0.102. The van der Waals surface area contributed by atoms with Gasteiger partial charge in [-0.05, 0) is 43.6 Å². The maximum absolute atomic E-state index is 10.1. The number of pyridine rings is 1. The summed E-state index contributed by atoms with van der Waals surface area (Å²) in [5.41, 5.74) is 4.34. The molecule has 22 heavy (non-hydrogen) atoms. The zero-order valence-corrected chi connectivity index (χ0v) is 13.0. The molecule has 0 aliphatic heterocycles. The number of aromatic nitrogens is 1. The highest BCUT2D eigenvalue weighted by molar-refractivity contribution is 5.26. The second-order valence-corrected chi connectivity index (χ2v) is 6.90. The minimum atomic E-state index is -0.102. The van der Waals surface area contributed by atoms with Crippen LogP contribution in [-0.4, -0.2) is 11.2 Å². The molecular weight excluding hydrogens is 270 g/mol. The van der Waals surface area contributed by atoms with Crippen LogP contribution in [0.2, 0.25) is 0 Å². The van der Waals surface area contributed by atoms with E-state index in [1.807, 2.05) is 0 Å². The molecule has 0 saturated heterocycles. The van der Waals surface area contributed by atoms with Gasteiger partial charge >= 0.3 is 0 Å². The summed E-state index contributed by atoms with van der Waals surface area (Å²) in [7, 11) is 0. The molecule has 2 aromatic rings. The van der Waals surface area contributed by atoms with Crippen LogP contribution in [-0.2, 0) is 13.0 Å². The van der Waals surface area contributed by atoms with Crippen molar-refractivity contribution in [2.24, 2.45) is 5.92 Å². The SMILES string of the molecule is OC1CCC2CCc3c(ccc[n+]3Cc3ccccc3)C2C1. The van der Waals surface area contributed by atoms with E-state index in [0.717, 1.165) is 25.3 Å². The number of hydrogen-bond donors (Lipinski definition) is 1. The molecule has 3 atom stereocenters. The first-order chi connectivity index (χ1) is 10.8. The van der Waals surface area contributed by atoms with Crippen LogP contribution in [0.5, 0.6) is 0 Å². The Balaban J connectivity index is 1.67. The van der Waals surface area contributed by atoms with Gasteiger partial charge in [0, 0.05) is 23.6 Å². The van der Waals surface area contributed by atoms with Gasteiger partial charge in [-0.3, -0.25) is 0 Å². The molecule has 1 aromatic carbocycles. The van der Waals surface area contributed by atoms with E-state index in [-0.39, 0.29) is 6.10 Å². The van der Waals surface area contributed by atoms with E-state index in [1.165, 1.54) is 36.1 Å². The first kappa shape index (κ1) is 14.0. The van der Waals surface area contributed by atoms with E-state index in [4.69, 9.17) is 0 Å². The lowest BCUT2D eigenvalue weighted by atomic mass is 9.68. The fourth-order valence-electron chi connectivity index (χ4n) is 4.42. The second kappa shape index (κ2) is 5.85. The fraction of sp³-hybridized carbons (Fsp3) is 0.450. The van der Waals surface area contributed by atoms with Gasteiger partial charge in [0.1, 0.15) is 0 Å². The topological polar surface area (TPSA) is 24.1 Å². The van der Waals surface area contributed by atoms with Gasteiger partial charge in [-0.25, -0.2) is 0 Å². The standard InChI is InChI=1S/C20H24NO/c22-17-10-8-16-9-11-20-18(19(16)13-17)7-4-12-21(20)14-15-5-2-1-3-6-15/h1-7,12,16-17,19,22H,8-11,13-14H2/q+1. The van der Waals surface area contributed by atoms with Crippen molar-refractivity contribution in [2.75, 3.05) is 0 Å². The molecule has 4 rings (SSSR count). The molecule has 2 aliphatic carbocycles. The smallest absolute Gasteiger partial charge is 0.185 e. The van der Waals surface area contributed by atoms with Crippen LogP contribution in [0.1, 0.15) is 48.4 Å². The number of aliphatic hydroxyl groups excluding tert-OH is 1. The van der Waals surface area contributed by atoms with E-state index in [2.05, 4.69) is 53.2 Å². The summed E-state index contributed by atoms with van der Waals surface area (Å²) in [4.78, 5) is 0. The Morgan fingerprint density at radius 1 is 1.00 bits per heavy atom. The molecule has 0 spiro atoms. The molecule has 3 unspecified atom stereocenters. The van der Waals surface area contributed by atoms with Gasteiger partial charge in [0.25, 0.3) is 0 Å². The highest BCUT2D eigenvalue weighted by Crippen LogP contribution is 2.44. The summed E-state index contributed by atoms with van der Waals surface area (Å²) < 4.78 is 2.42. The quantitative estimate of drug-likeness (QED) is 0.845. The summed E-state index contributed by atoms with van der Waals surface area (Å²) in [5, 5.41) is 10.1. The minimum Gasteiger partial charge on any atom is -0.393 e. The maximum atomic E-state index is 10.1. The molecule has 1 heterocycles. The molecule has 1 saturated carbocycles. The number of hydrogen-bond acceptors (Lipinski definition) is 1. The summed E-state index contributed by atoms with van der Waals surface area (Å²) >= 11 is 0. The van der Waals surface area contributed by atoms with Crippen molar-refractivity contribution in [3.05, 3.63) is 65.5 Å². The Morgan fingerprint density at radius 2 is 1.86 bits per heavy atom. The third-order valence-electron chi connectivity index (χ3n) is 5.53. The van der Waals surface area contributed by atoms with E-state index in [9.17, 15) is 5.11 Å². The lowest BCUT2D eigenvalue weighted by Gasteiger charge is -2.37. The Hall–Kier alpha value is -1.67. The van der Waals surface area contributed by atoms with Crippen LogP contribution < -0.4 is 4.57 Å². The van der Waals surface area contributed by atoms with Crippen LogP contribution in [0, 0.1) is 5.92 Å². The van der Waals surface area contributed by atoms with Crippen molar-refractivity contribution in [2.45, 2.75) is 50.7 Å². The van der Waals surface area contributed by atoms with Crippen LogP contribution in [0.25, 0.3) is 0 Å². The molecule has 0 amide bonds. The van der Waals surface area contributed by atoms with Crippen LogP contribution >= 0.6 is 0 Å². The van der Waals surface area contributed by atoms with Crippen molar-refractivity contribution in [3.63, 3.8) is 0 Å². The summed E-state index contributed by atoms with van der Waals surface area (Å²) in [6.45, 7) is 0.948. The molecular formula is C20H24NO+. The Morgan fingerprint density at radius 3 is 2.73 bits per heavy atom. The third kappa shape index (κ3) is 2.56. The number of nitrogens with zero attached hydrogens (tertiary/aromatic N) is 1. The van der Waals surface area contributed by atoms with E-state index >= 15 is 0 Å². The van der Waals surface area contributed by atoms with Crippen LogP contribution in [0.15, 0.2) is 48.7 Å². The lowest BCUT2D eigenvalue weighted by molar-refractivity contribution is -0.696. The van der Waals surface area contributed by atoms with E-state index in [1.54, 1.807) is 0 Å². The van der Waals surface area contributed by atoms with Gasteiger partial charge in [-0.2, -0.15) is 4.57 Å². The van der Waals surface area contributed by atoms with Crippen LogP contribution in [0.4, 0.5) is 0 Å². The Labute approximate surface area is 132 Å². The summed E-state index contributed by atoms with van der Waals surface area (Å²) in [6, 6.07) is 15.2. The van der Waals surface area contributed by atoms with E-state index < -0.39 is 0 Å². The number of fused-ring (bicyclic) bond motifs is 3. The van der Waals surface area contributed by atoms with Crippen molar-refractivity contribution >= 4 is 0 Å². The highest BCUT2D eigenvalue weighted by atomic mass is 16.3. The van der Waals surface area contributed by atoms with Gasteiger partial charge in [0.05, 0.1) is 6.10 Å². The highest BCUT2D eigenvalue weighted by Gasteiger charge is 2.38. The molecule has 2 heteroatoms. The van der Waals surface area contributed by atoms with Crippen LogP contribution in [0.3, 0.4) is 0 Å². The zero-order chi connectivity index (χ0) is 14.9. The monoisotopic (exact) mass is 294 g/mol. The molecule has 0 bridgehead atoms.